The molecule has 2 aromatic rings. The van der Waals surface area contributed by atoms with Crippen LogP contribution in [0.25, 0.3) is 6.08 Å². The highest BCUT2D eigenvalue weighted by atomic mass is 16.6. The Balaban J connectivity index is 1.81. The fourth-order valence-corrected chi connectivity index (χ4v) is 2.15. The topological polar surface area (TPSA) is 92.5 Å². The van der Waals surface area contributed by atoms with Crippen LogP contribution in [0.3, 0.4) is 0 Å². The van der Waals surface area contributed by atoms with E-state index in [4.69, 9.17) is 0 Å². The van der Waals surface area contributed by atoms with E-state index in [2.05, 4.69) is 5.32 Å². The Hall–Kier alpha value is -2.99. The van der Waals surface area contributed by atoms with Crippen LogP contribution in [0.2, 0.25) is 0 Å². The molecular weight excluding hydrogens is 308 g/mol. The summed E-state index contributed by atoms with van der Waals surface area (Å²) in [6.45, 7) is 0.328. The normalized spacial score (nSPS) is 12.0. The number of carbonyl (C=O) groups is 1. The molecule has 6 heteroatoms. The van der Waals surface area contributed by atoms with E-state index < -0.39 is 11.0 Å². The van der Waals surface area contributed by atoms with Gasteiger partial charge in [-0.05, 0) is 23.6 Å². The van der Waals surface area contributed by atoms with E-state index in [9.17, 15) is 20.0 Å². The monoisotopic (exact) mass is 326 g/mol. The Bertz CT molecular complexity index is 729. The minimum absolute atomic E-state index is 0.0245. The summed E-state index contributed by atoms with van der Waals surface area (Å²) in [5, 5.41) is 23.4. The molecule has 0 aliphatic carbocycles. The number of non-ortho nitro benzene ring substituents is 1. The Morgan fingerprint density at radius 2 is 1.96 bits per heavy atom. The summed E-state index contributed by atoms with van der Waals surface area (Å²) in [6, 6.07) is 15.2. The van der Waals surface area contributed by atoms with Crippen LogP contribution >= 0.6 is 0 Å². The van der Waals surface area contributed by atoms with Gasteiger partial charge in [0, 0.05) is 24.8 Å². The smallest absolute Gasteiger partial charge is 0.270 e. The van der Waals surface area contributed by atoms with Gasteiger partial charge in [-0.25, -0.2) is 0 Å². The van der Waals surface area contributed by atoms with Crippen molar-refractivity contribution in [3.05, 3.63) is 81.9 Å². The Kier molecular flexibility index (Phi) is 6.22. The lowest BCUT2D eigenvalue weighted by Crippen LogP contribution is -2.23. The van der Waals surface area contributed by atoms with E-state index in [1.54, 1.807) is 12.1 Å². The van der Waals surface area contributed by atoms with Crippen LogP contribution in [-0.2, 0) is 4.79 Å². The zero-order valence-electron chi connectivity index (χ0n) is 13.0. The molecule has 6 nitrogen and oxygen atoms in total. The summed E-state index contributed by atoms with van der Waals surface area (Å²) in [5.41, 5.74) is 1.35. The van der Waals surface area contributed by atoms with E-state index in [1.807, 2.05) is 30.3 Å². The summed E-state index contributed by atoms with van der Waals surface area (Å²) < 4.78 is 0. The zero-order valence-corrected chi connectivity index (χ0v) is 13.0. The van der Waals surface area contributed by atoms with Crippen LogP contribution in [-0.4, -0.2) is 22.5 Å². The first-order chi connectivity index (χ1) is 11.6. The molecule has 0 aliphatic rings. The van der Waals surface area contributed by atoms with Gasteiger partial charge in [-0.3, -0.25) is 14.9 Å². The third kappa shape index (κ3) is 5.33. The van der Waals surface area contributed by atoms with Gasteiger partial charge in [-0.1, -0.05) is 42.5 Å². The molecule has 0 spiro atoms. The summed E-state index contributed by atoms with van der Waals surface area (Å²) in [7, 11) is 0. The first-order valence-electron chi connectivity index (χ1n) is 7.49. The summed E-state index contributed by atoms with van der Waals surface area (Å²) in [4.78, 5) is 21.9. The highest BCUT2D eigenvalue weighted by Gasteiger charge is 2.07. The molecule has 24 heavy (non-hydrogen) atoms. The molecule has 2 rings (SSSR count). The molecule has 0 aromatic heterocycles. The van der Waals surface area contributed by atoms with Gasteiger partial charge in [0.25, 0.3) is 5.69 Å². The number of hydrogen-bond acceptors (Lipinski definition) is 4. The Morgan fingerprint density at radius 3 is 2.67 bits per heavy atom. The van der Waals surface area contributed by atoms with E-state index >= 15 is 0 Å². The fraction of sp³-hybridized carbons (Fsp3) is 0.167. The number of nitrogens with zero attached hydrogens (tertiary/aromatic N) is 1. The minimum Gasteiger partial charge on any atom is -0.388 e. The van der Waals surface area contributed by atoms with E-state index in [-0.39, 0.29) is 11.6 Å². The maximum absolute atomic E-state index is 11.7. The van der Waals surface area contributed by atoms with Gasteiger partial charge in [0.15, 0.2) is 0 Å². The highest BCUT2D eigenvalue weighted by Crippen LogP contribution is 2.15. The van der Waals surface area contributed by atoms with Crippen molar-refractivity contribution >= 4 is 17.7 Å². The zero-order chi connectivity index (χ0) is 17.4. The number of carbonyl (C=O) groups excluding carboxylic acids is 1. The van der Waals surface area contributed by atoms with Gasteiger partial charge in [0.1, 0.15) is 0 Å². The van der Waals surface area contributed by atoms with Crippen LogP contribution in [0.5, 0.6) is 0 Å². The molecule has 2 N–H and O–H groups in total. The van der Waals surface area contributed by atoms with Gasteiger partial charge in [-0.2, -0.15) is 0 Å². The quantitative estimate of drug-likeness (QED) is 0.465. The lowest BCUT2D eigenvalue weighted by atomic mass is 10.1. The Labute approximate surface area is 139 Å². The van der Waals surface area contributed by atoms with Gasteiger partial charge in [0.05, 0.1) is 11.0 Å². The van der Waals surface area contributed by atoms with Gasteiger partial charge >= 0.3 is 0 Å². The van der Waals surface area contributed by atoms with Crippen molar-refractivity contribution in [2.24, 2.45) is 0 Å². The lowest BCUT2D eigenvalue weighted by Gasteiger charge is -2.10. The molecule has 0 saturated heterocycles. The molecule has 0 aliphatic heterocycles. The molecule has 0 saturated carbocycles. The average Bonchev–Trinajstić information content (AvgIpc) is 2.61. The van der Waals surface area contributed by atoms with Crippen molar-refractivity contribution < 1.29 is 14.8 Å². The van der Waals surface area contributed by atoms with Gasteiger partial charge < -0.3 is 10.4 Å². The van der Waals surface area contributed by atoms with E-state index in [0.717, 1.165) is 5.56 Å². The standard InChI is InChI=1S/C18H18N2O4/c21-17(15-6-2-1-3-7-15)11-12-19-18(22)10-9-14-5-4-8-16(13-14)20(23)24/h1-10,13,17,21H,11-12H2,(H,19,22). The largest absolute Gasteiger partial charge is 0.388 e. The molecular formula is C18H18N2O4. The summed E-state index contributed by atoms with van der Waals surface area (Å²) >= 11 is 0. The molecule has 0 fully saturated rings. The van der Waals surface area contributed by atoms with Gasteiger partial charge in [0.2, 0.25) is 5.91 Å². The van der Waals surface area contributed by atoms with Crippen molar-refractivity contribution in [3.63, 3.8) is 0 Å². The third-order valence-corrected chi connectivity index (χ3v) is 3.41. The predicted molar refractivity (Wildman–Crippen MR) is 91.2 cm³/mol. The van der Waals surface area contributed by atoms with Crippen molar-refractivity contribution in [1.29, 1.82) is 0 Å². The lowest BCUT2D eigenvalue weighted by molar-refractivity contribution is -0.384. The second-order valence-electron chi connectivity index (χ2n) is 5.19. The van der Waals surface area contributed by atoms with Crippen LogP contribution in [0.1, 0.15) is 23.7 Å². The molecule has 1 amide bonds. The summed E-state index contributed by atoms with van der Waals surface area (Å²) in [6.07, 6.45) is 2.59. The maximum atomic E-state index is 11.7. The Morgan fingerprint density at radius 1 is 1.21 bits per heavy atom. The molecule has 124 valence electrons. The van der Waals surface area contributed by atoms with Crippen molar-refractivity contribution in [2.45, 2.75) is 12.5 Å². The third-order valence-electron chi connectivity index (χ3n) is 3.41. The minimum atomic E-state index is -0.632. The molecule has 1 atom stereocenters. The van der Waals surface area contributed by atoms with E-state index in [0.29, 0.717) is 18.5 Å². The van der Waals surface area contributed by atoms with Crippen LogP contribution < -0.4 is 5.32 Å². The second kappa shape index (κ2) is 8.59. The molecule has 1 unspecified atom stereocenters. The number of amides is 1. The number of benzene rings is 2. The fourth-order valence-electron chi connectivity index (χ4n) is 2.15. The summed E-state index contributed by atoms with van der Waals surface area (Å²) in [5.74, 6) is -0.318. The van der Waals surface area contributed by atoms with Crippen molar-refractivity contribution in [2.75, 3.05) is 6.54 Å². The van der Waals surface area contributed by atoms with Crippen LogP contribution in [0.4, 0.5) is 5.69 Å². The average molecular weight is 326 g/mol. The molecule has 0 bridgehead atoms. The van der Waals surface area contributed by atoms with E-state index in [1.165, 1.54) is 24.3 Å². The van der Waals surface area contributed by atoms with Crippen molar-refractivity contribution in [1.82, 2.24) is 5.32 Å². The second-order valence-corrected chi connectivity index (χ2v) is 5.19. The van der Waals surface area contributed by atoms with Crippen LogP contribution in [0, 0.1) is 10.1 Å². The molecule has 2 aromatic carbocycles. The number of aliphatic hydroxyl groups is 1. The van der Waals surface area contributed by atoms with Crippen LogP contribution in [0.15, 0.2) is 60.7 Å². The number of aliphatic hydroxyl groups excluding tert-OH is 1. The molecule has 0 heterocycles. The van der Waals surface area contributed by atoms with Crippen molar-refractivity contribution in [3.8, 4) is 0 Å². The number of nitro groups is 1. The number of nitro benzene ring substituents is 1. The number of rotatable bonds is 7. The maximum Gasteiger partial charge on any atom is 0.270 e. The highest BCUT2D eigenvalue weighted by molar-refractivity contribution is 5.91. The predicted octanol–water partition coefficient (Wildman–Crippen LogP) is 2.85. The first kappa shape index (κ1) is 17.4. The first-order valence-corrected chi connectivity index (χ1v) is 7.49. The SMILES string of the molecule is O=C(C=Cc1cccc([N+](=O)[O-])c1)NCCC(O)c1ccccc1. The number of nitrogens with one attached hydrogen (secondary N) is 1. The van der Waals surface area contributed by atoms with Gasteiger partial charge in [-0.15, -0.1) is 0 Å². The molecule has 0 radical (unpaired) electrons. The number of hydrogen-bond donors (Lipinski definition) is 2.